The molecule has 0 saturated heterocycles. The van der Waals surface area contributed by atoms with Crippen LogP contribution < -0.4 is 10.5 Å². The molecule has 1 aromatic rings. The molecule has 0 aliphatic carbocycles. The number of ether oxygens (including phenoxy) is 1. The van der Waals surface area contributed by atoms with Crippen molar-refractivity contribution in [3.63, 3.8) is 0 Å². The summed E-state index contributed by atoms with van der Waals surface area (Å²) in [5, 5.41) is 0. The van der Waals surface area contributed by atoms with Crippen LogP contribution in [0.3, 0.4) is 0 Å². The third-order valence-electron chi connectivity index (χ3n) is 1.98. The van der Waals surface area contributed by atoms with Crippen molar-refractivity contribution < 1.29 is 9.53 Å². The number of rotatable bonds is 4. The van der Waals surface area contributed by atoms with Crippen molar-refractivity contribution in [3.8, 4) is 5.75 Å². The second-order valence-electron chi connectivity index (χ2n) is 3.22. The number of aldehydes is 1. The van der Waals surface area contributed by atoms with Crippen molar-refractivity contribution in [2.45, 2.75) is 26.5 Å². The highest BCUT2D eigenvalue weighted by atomic mass is 16.5. The van der Waals surface area contributed by atoms with Gasteiger partial charge in [0, 0.05) is 0 Å². The van der Waals surface area contributed by atoms with Crippen LogP contribution in [0.5, 0.6) is 5.75 Å². The molecule has 1 atom stereocenters. The standard InChI is InChI=1S/C11H15NO2/c1-3-11(12)14-10-6-8(2)4-5-9(10)7-13/h4-7,11H,3,12H2,1-2H3. The lowest BCUT2D eigenvalue weighted by atomic mass is 10.1. The summed E-state index contributed by atoms with van der Waals surface area (Å²) in [6, 6.07) is 5.42. The maximum Gasteiger partial charge on any atom is 0.153 e. The first kappa shape index (κ1) is 10.7. The van der Waals surface area contributed by atoms with Crippen molar-refractivity contribution in [1.82, 2.24) is 0 Å². The van der Waals surface area contributed by atoms with E-state index in [-0.39, 0.29) is 6.23 Å². The number of hydrogen-bond donors (Lipinski definition) is 1. The lowest BCUT2D eigenvalue weighted by molar-refractivity contribution is 0.111. The molecule has 0 aliphatic heterocycles. The summed E-state index contributed by atoms with van der Waals surface area (Å²) in [6.07, 6.45) is 1.14. The topological polar surface area (TPSA) is 52.3 Å². The molecule has 0 saturated carbocycles. The van der Waals surface area contributed by atoms with Crippen LogP contribution in [-0.2, 0) is 0 Å². The minimum absolute atomic E-state index is 0.351. The molecular formula is C11H15NO2. The Labute approximate surface area is 83.9 Å². The van der Waals surface area contributed by atoms with E-state index in [1.807, 2.05) is 26.0 Å². The smallest absolute Gasteiger partial charge is 0.153 e. The van der Waals surface area contributed by atoms with E-state index < -0.39 is 0 Å². The summed E-state index contributed by atoms with van der Waals surface area (Å²) >= 11 is 0. The Kier molecular flexibility index (Phi) is 3.65. The second kappa shape index (κ2) is 4.77. The molecular weight excluding hydrogens is 178 g/mol. The fourth-order valence-corrected chi connectivity index (χ4v) is 1.09. The van der Waals surface area contributed by atoms with Gasteiger partial charge in [0.1, 0.15) is 12.0 Å². The predicted octanol–water partition coefficient (Wildman–Crippen LogP) is 1.88. The third-order valence-corrected chi connectivity index (χ3v) is 1.98. The number of nitrogens with two attached hydrogens (primary N) is 1. The molecule has 0 spiro atoms. The lowest BCUT2D eigenvalue weighted by Crippen LogP contribution is -2.26. The van der Waals surface area contributed by atoms with Crippen LogP contribution >= 0.6 is 0 Å². The van der Waals surface area contributed by atoms with Gasteiger partial charge in [0.2, 0.25) is 0 Å². The monoisotopic (exact) mass is 193 g/mol. The van der Waals surface area contributed by atoms with Crippen LogP contribution in [0.1, 0.15) is 29.3 Å². The molecule has 0 fully saturated rings. The van der Waals surface area contributed by atoms with Crippen molar-refractivity contribution >= 4 is 6.29 Å². The minimum atomic E-state index is -0.351. The van der Waals surface area contributed by atoms with Gasteiger partial charge < -0.3 is 4.74 Å². The second-order valence-corrected chi connectivity index (χ2v) is 3.22. The summed E-state index contributed by atoms with van der Waals surface area (Å²) in [6.45, 7) is 3.87. The van der Waals surface area contributed by atoms with E-state index in [1.54, 1.807) is 6.07 Å². The molecule has 1 rings (SSSR count). The first-order valence-electron chi connectivity index (χ1n) is 4.65. The van der Waals surface area contributed by atoms with Gasteiger partial charge in [-0.3, -0.25) is 10.5 Å². The maximum atomic E-state index is 10.7. The average Bonchev–Trinajstić information content (AvgIpc) is 2.18. The van der Waals surface area contributed by atoms with Crippen molar-refractivity contribution in [1.29, 1.82) is 0 Å². The molecule has 76 valence electrons. The Balaban J connectivity index is 2.92. The van der Waals surface area contributed by atoms with Crippen LogP contribution in [0.25, 0.3) is 0 Å². The van der Waals surface area contributed by atoms with E-state index in [0.717, 1.165) is 11.8 Å². The zero-order valence-electron chi connectivity index (χ0n) is 8.49. The number of hydrogen-bond acceptors (Lipinski definition) is 3. The van der Waals surface area contributed by atoms with E-state index >= 15 is 0 Å². The highest BCUT2D eigenvalue weighted by molar-refractivity contribution is 5.79. The Morgan fingerprint density at radius 1 is 1.57 bits per heavy atom. The van der Waals surface area contributed by atoms with Crippen LogP contribution in [0, 0.1) is 6.92 Å². The Hall–Kier alpha value is -1.35. The van der Waals surface area contributed by atoms with E-state index in [4.69, 9.17) is 10.5 Å². The van der Waals surface area contributed by atoms with Gasteiger partial charge >= 0.3 is 0 Å². The third kappa shape index (κ3) is 2.57. The number of carbonyl (C=O) groups is 1. The van der Waals surface area contributed by atoms with Crippen LogP contribution in [-0.4, -0.2) is 12.5 Å². The molecule has 3 heteroatoms. The summed E-state index contributed by atoms with van der Waals surface area (Å²) in [4.78, 5) is 10.7. The largest absolute Gasteiger partial charge is 0.475 e. The number of benzene rings is 1. The summed E-state index contributed by atoms with van der Waals surface area (Å²) < 4.78 is 5.41. The number of carbonyl (C=O) groups excluding carboxylic acids is 1. The van der Waals surface area contributed by atoms with E-state index in [9.17, 15) is 4.79 Å². The highest BCUT2D eigenvalue weighted by Crippen LogP contribution is 2.19. The van der Waals surface area contributed by atoms with Gasteiger partial charge in [-0.25, -0.2) is 0 Å². The van der Waals surface area contributed by atoms with Gasteiger partial charge in [-0.2, -0.15) is 0 Å². The SMILES string of the molecule is CCC(N)Oc1cc(C)ccc1C=O. The molecule has 3 nitrogen and oxygen atoms in total. The molecule has 0 heterocycles. The normalized spacial score (nSPS) is 12.2. The van der Waals surface area contributed by atoms with Gasteiger partial charge in [-0.05, 0) is 31.0 Å². The first-order chi connectivity index (χ1) is 6.67. The van der Waals surface area contributed by atoms with Gasteiger partial charge in [0.05, 0.1) is 5.56 Å². The fraction of sp³-hybridized carbons (Fsp3) is 0.364. The highest BCUT2D eigenvalue weighted by Gasteiger charge is 2.06. The first-order valence-corrected chi connectivity index (χ1v) is 4.65. The van der Waals surface area contributed by atoms with Gasteiger partial charge in [-0.15, -0.1) is 0 Å². The van der Waals surface area contributed by atoms with Crippen molar-refractivity contribution in [2.24, 2.45) is 5.73 Å². The predicted molar refractivity (Wildman–Crippen MR) is 55.5 cm³/mol. The number of aryl methyl sites for hydroxylation is 1. The quantitative estimate of drug-likeness (QED) is 0.586. The van der Waals surface area contributed by atoms with Gasteiger partial charge in [0.25, 0.3) is 0 Å². The molecule has 0 radical (unpaired) electrons. The molecule has 0 aromatic heterocycles. The van der Waals surface area contributed by atoms with E-state index in [1.165, 1.54) is 0 Å². The lowest BCUT2D eigenvalue weighted by Gasteiger charge is -2.14. The van der Waals surface area contributed by atoms with Gasteiger partial charge in [-0.1, -0.05) is 13.0 Å². The summed E-state index contributed by atoms with van der Waals surface area (Å²) in [5.74, 6) is 0.564. The van der Waals surface area contributed by atoms with E-state index in [2.05, 4.69) is 0 Å². The molecule has 2 N–H and O–H groups in total. The minimum Gasteiger partial charge on any atom is -0.475 e. The zero-order valence-corrected chi connectivity index (χ0v) is 8.49. The summed E-state index contributed by atoms with van der Waals surface area (Å²) in [7, 11) is 0. The molecule has 1 unspecified atom stereocenters. The van der Waals surface area contributed by atoms with Crippen LogP contribution in [0.4, 0.5) is 0 Å². The molecule has 14 heavy (non-hydrogen) atoms. The van der Waals surface area contributed by atoms with E-state index in [0.29, 0.717) is 17.7 Å². The molecule has 0 amide bonds. The maximum absolute atomic E-state index is 10.7. The fourth-order valence-electron chi connectivity index (χ4n) is 1.09. The zero-order chi connectivity index (χ0) is 10.6. The summed E-state index contributed by atoms with van der Waals surface area (Å²) in [5.41, 5.74) is 7.23. The Morgan fingerprint density at radius 3 is 2.86 bits per heavy atom. The molecule has 1 aromatic carbocycles. The molecule has 0 aliphatic rings. The average molecular weight is 193 g/mol. The Bertz CT molecular complexity index is 323. The van der Waals surface area contributed by atoms with Gasteiger partial charge in [0.15, 0.2) is 6.29 Å². The van der Waals surface area contributed by atoms with Crippen molar-refractivity contribution in [3.05, 3.63) is 29.3 Å². The molecule has 0 bridgehead atoms. The van der Waals surface area contributed by atoms with Crippen molar-refractivity contribution in [2.75, 3.05) is 0 Å². The van der Waals surface area contributed by atoms with Crippen LogP contribution in [0.15, 0.2) is 18.2 Å². The van der Waals surface area contributed by atoms with Crippen LogP contribution in [0.2, 0.25) is 0 Å². The Morgan fingerprint density at radius 2 is 2.29 bits per heavy atom.